The number of hydrogen-bond acceptors (Lipinski definition) is 6. The summed E-state index contributed by atoms with van der Waals surface area (Å²) in [7, 11) is 0. The summed E-state index contributed by atoms with van der Waals surface area (Å²) in [6, 6.07) is 1.87. The van der Waals surface area contributed by atoms with E-state index in [1.54, 1.807) is 16.7 Å². The van der Waals surface area contributed by atoms with Gasteiger partial charge in [-0.3, -0.25) is 19.2 Å². The molecule has 1 atom stereocenters. The number of ether oxygens (including phenoxy) is 1. The Morgan fingerprint density at radius 2 is 2.06 bits per heavy atom. The number of likely N-dealkylation sites (tertiary alicyclic amines) is 2. The van der Waals surface area contributed by atoms with E-state index in [9.17, 15) is 19.2 Å². The fraction of sp³-hybridized carbons (Fsp3) is 0.619. The monoisotopic (exact) mass is 448 g/mol. The number of rotatable bonds is 6. The number of nitrogens with two attached hydrogens (primary N) is 1. The van der Waals surface area contributed by atoms with E-state index < -0.39 is 11.3 Å². The fourth-order valence-corrected chi connectivity index (χ4v) is 5.53. The number of fused-ring (bicyclic) bond motifs is 1. The van der Waals surface area contributed by atoms with Crippen LogP contribution in [0.3, 0.4) is 0 Å². The minimum absolute atomic E-state index is 0.0406. The quantitative estimate of drug-likeness (QED) is 0.640. The van der Waals surface area contributed by atoms with E-state index in [2.05, 4.69) is 5.32 Å². The van der Waals surface area contributed by atoms with Crippen LogP contribution in [0.25, 0.3) is 0 Å². The van der Waals surface area contributed by atoms with Crippen molar-refractivity contribution in [2.75, 3.05) is 39.3 Å². The van der Waals surface area contributed by atoms with Crippen molar-refractivity contribution < 1.29 is 23.9 Å². The van der Waals surface area contributed by atoms with Gasteiger partial charge in [-0.05, 0) is 18.1 Å². The van der Waals surface area contributed by atoms with E-state index in [-0.39, 0.29) is 43.3 Å². The first-order chi connectivity index (χ1) is 14.8. The van der Waals surface area contributed by atoms with E-state index >= 15 is 0 Å². The fourth-order valence-electron chi connectivity index (χ4n) is 4.42. The standard InChI is InChI=1S/C21H28N4O5S/c1-2-17(26)24-5-3-13(8-24)18(27)23-10-21(20(22)29)11-25(12-21)19(28)16-7-14-9-30-6-4-15(14)31-16/h7,13H,2-6,8-12H2,1H3,(H2,22,29)(H,23,27). The Bertz CT molecular complexity index is 884. The average Bonchev–Trinajstić information content (AvgIpc) is 3.39. The van der Waals surface area contributed by atoms with Crippen LogP contribution in [0.1, 0.15) is 39.9 Å². The minimum atomic E-state index is -0.956. The number of nitrogens with one attached hydrogen (secondary N) is 1. The molecule has 1 aromatic heterocycles. The molecule has 0 spiro atoms. The zero-order valence-electron chi connectivity index (χ0n) is 17.6. The molecule has 3 aliphatic heterocycles. The highest BCUT2D eigenvalue weighted by Crippen LogP contribution is 2.34. The summed E-state index contributed by atoms with van der Waals surface area (Å²) in [5.41, 5.74) is 5.74. The topological polar surface area (TPSA) is 122 Å². The van der Waals surface area contributed by atoms with Gasteiger partial charge in [-0.15, -0.1) is 11.3 Å². The maximum Gasteiger partial charge on any atom is 0.264 e. The van der Waals surface area contributed by atoms with Crippen molar-refractivity contribution in [2.24, 2.45) is 17.1 Å². The maximum absolute atomic E-state index is 12.8. The smallest absolute Gasteiger partial charge is 0.264 e. The van der Waals surface area contributed by atoms with Crippen LogP contribution in [-0.2, 0) is 32.1 Å². The lowest BCUT2D eigenvalue weighted by Crippen LogP contribution is -2.67. The molecule has 1 unspecified atom stereocenters. The van der Waals surface area contributed by atoms with Crippen molar-refractivity contribution in [3.8, 4) is 0 Å². The normalized spacial score (nSPS) is 21.9. The van der Waals surface area contributed by atoms with Crippen molar-refractivity contribution in [1.82, 2.24) is 15.1 Å². The van der Waals surface area contributed by atoms with Crippen molar-refractivity contribution in [2.45, 2.75) is 32.8 Å². The Kier molecular flexibility index (Phi) is 6.02. The molecule has 168 valence electrons. The first-order valence-electron chi connectivity index (χ1n) is 10.7. The highest BCUT2D eigenvalue weighted by molar-refractivity contribution is 7.14. The van der Waals surface area contributed by atoms with Gasteiger partial charge in [-0.1, -0.05) is 6.92 Å². The summed E-state index contributed by atoms with van der Waals surface area (Å²) in [6.07, 6.45) is 1.84. The molecule has 4 amide bonds. The Balaban J connectivity index is 1.32. The second kappa shape index (κ2) is 8.58. The van der Waals surface area contributed by atoms with Gasteiger partial charge in [0, 0.05) is 50.4 Å². The maximum atomic E-state index is 12.8. The van der Waals surface area contributed by atoms with Crippen molar-refractivity contribution in [1.29, 1.82) is 0 Å². The van der Waals surface area contributed by atoms with Gasteiger partial charge >= 0.3 is 0 Å². The molecule has 0 aromatic carbocycles. The molecule has 2 saturated heterocycles. The van der Waals surface area contributed by atoms with Crippen molar-refractivity contribution in [3.05, 3.63) is 21.4 Å². The predicted octanol–water partition coefficient (Wildman–Crippen LogP) is 0.123. The van der Waals surface area contributed by atoms with Gasteiger partial charge in [0.05, 0.1) is 24.0 Å². The van der Waals surface area contributed by atoms with E-state index in [0.29, 0.717) is 44.0 Å². The zero-order chi connectivity index (χ0) is 22.2. The van der Waals surface area contributed by atoms with Gasteiger partial charge in [0.2, 0.25) is 17.7 Å². The van der Waals surface area contributed by atoms with E-state index in [1.807, 2.05) is 6.07 Å². The number of nitrogens with zero attached hydrogens (tertiary/aromatic N) is 2. The van der Waals surface area contributed by atoms with Crippen molar-refractivity contribution >= 4 is 35.0 Å². The molecular weight excluding hydrogens is 420 g/mol. The molecular formula is C21H28N4O5S. The van der Waals surface area contributed by atoms with Gasteiger partial charge in [0.1, 0.15) is 5.41 Å². The lowest BCUT2D eigenvalue weighted by Gasteiger charge is -2.47. The lowest BCUT2D eigenvalue weighted by molar-refractivity contribution is -0.136. The first-order valence-corrected chi connectivity index (χ1v) is 11.5. The van der Waals surface area contributed by atoms with Gasteiger partial charge in [-0.25, -0.2) is 0 Å². The third kappa shape index (κ3) is 4.18. The van der Waals surface area contributed by atoms with Gasteiger partial charge in [0.15, 0.2) is 0 Å². The molecule has 4 heterocycles. The number of amides is 4. The minimum Gasteiger partial charge on any atom is -0.376 e. The van der Waals surface area contributed by atoms with Crippen LogP contribution in [0.2, 0.25) is 0 Å². The van der Waals surface area contributed by atoms with Gasteiger partial charge in [0.25, 0.3) is 5.91 Å². The van der Waals surface area contributed by atoms with Crippen LogP contribution in [-0.4, -0.2) is 72.8 Å². The molecule has 0 bridgehead atoms. The highest BCUT2D eigenvalue weighted by Gasteiger charge is 2.50. The third-order valence-corrected chi connectivity index (χ3v) is 7.68. The summed E-state index contributed by atoms with van der Waals surface area (Å²) in [4.78, 5) is 54.5. The molecule has 31 heavy (non-hydrogen) atoms. The van der Waals surface area contributed by atoms with Crippen LogP contribution < -0.4 is 11.1 Å². The first kappa shape index (κ1) is 21.8. The largest absolute Gasteiger partial charge is 0.376 e. The SMILES string of the molecule is CCC(=O)N1CCC(C(=O)NCC2(C(N)=O)CN(C(=O)c3cc4c(s3)CCOC4)C2)C1. The Morgan fingerprint density at radius 1 is 1.29 bits per heavy atom. The van der Waals surface area contributed by atoms with Crippen LogP contribution >= 0.6 is 11.3 Å². The molecule has 0 aliphatic carbocycles. The second-order valence-electron chi connectivity index (χ2n) is 8.56. The molecule has 10 heteroatoms. The number of carbonyl (C=O) groups excluding carboxylic acids is 4. The number of primary amides is 1. The van der Waals surface area contributed by atoms with E-state index in [0.717, 1.165) is 12.0 Å². The molecule has 0 radical (unpaired) electrons. The number of thiophene rings is 1. The molecule has 9 nitrogen and oxygen atoms in total. The zero-order valence-corrected chi connectivity index (χ0v) is 18.5. The molecule has 3 N–H and O–H groups in total. The molecule has 3 aliphatic rings. The summed E-state index contributed by atoms with van der Waals surface area (Å²) in [5, 5.41) is 2.84. The average molecular weight is 449 g/mol. The molecule has 0 saturated carbocycles. The molecule has 2 fully saturated rings. The number of hydrogen-bond donors (Lipinski definition) is 2. The van der Waals surface area contributed by atoms with E-state index in [4.69, 9.17) is 10.5 Å². The number of carbonyl (C=O) groups is 4. The Morgan fingerprint density at radius 3 is 2.74 bits per heavy atom. The van der Waals surface area contributed by atoms with Crippen molar-refractivity contribution in [3.63, 3.8) is 0 Å². The third-order valence-electron chi connectivity index (χ3n) is 6.45. The van der Waals surface area contributed by atoms with Crippen LogP contribution in [0.15, 0.2) is 6.07 Å². The molecule has 4 rings (SSSR count). The second-order valence-corrected chi connectivity index (χ2v) is 9.70. The lowest BCUT2D eigenvalue weighted by atomic mass is 9.78. The van der Waals surface area contributed by atoms with Gasteiger partial charge in [-0.2, -0.15) is 0 Å². The Hall–Kier alpha value is -2.46. The van der Waals surface area contributed by atoms with Crippen LogP contribution in [0.5, 0.6) is 0 Å². The van der Waals surface area contributed by atoms with E-state index in [1.165, 1.54) is 16.2 Å². The van der Waals surface area contributed by atoms with Crippen LogP contribution in [0, 0.1) is 11.3 Å². The summed E-state index contributed by atoms with van der Waals surface area (Å²) < 4.78 is 5.44. The molecule has 1 aromatic rings. The Labute approximate surface area is 184 Å². The summed E-state index contributed by atoms with van der Waals surface area (Å²) in [6.45, 7) is 4.44. The highest BCUT2D eigenvalue weighted by atomic mass is 32.1. The summed E-state index contributed by atoms with van der Waals surface area (Å²) in [5.74, 6) is -1.06. The summed E-state index contributed by atoms with van der Waals surface area (Å²) >= 11 is 1.48. The van der Waals surface area contributed by atoms with Gasteiger partial charge < -0.3 is 25.6 Å². The predicted molar refractivity (Wildman–Crippen MR) is 113 cm³/mol. The van der Waals surface area contributed by atoms with Crippen LogP contribution in [0.4, 0.5) is 0 Å².